The second kappa shape index (κ2) is 10.6. The van der Waals surface area contributed by atoms with Gasteiger partial charge in [-0.15, -0.1) is 0 Å². The quantitative estimate of drug-likeness (QED) is 0.298. The van der Waals surface area contributed by atoms with Crippen LogP contribution in [-0.2, 0) is 9.59 Å². The Balaban J connectivity index is 1.71. The minimum atomic E-state index is -0.124. The van der Waals surface area contributed by atoms with E-state index in [1.165, 1.54) is 4.90 Å². The van der Waals surface area contributed by atoms with Gasteiger partial charge in [0.25, 0.3) is 0 Å². The zero-order valence-corrected chi connectivity index (χ0v) is 17.1. The lowest BCUT2D eigenvalue weighted by Crippen LogP contribution is -2.47. The van der Waals surface area contributed by atoms with Gasteiger partial charge in [0, 0.05) is 38.0 Å². The summed E-state index contributed by atoms with van der Waals surface area (Å²) in [6.07, 6.45) is 1.48. The van der Waals surface area contributed by atoms with Gasteiger partial charge in [-0.3, -0.25) is 19.5 Å². The first-order chi connectivity index (χ1) is 12.9. The number of rotatable bonds is 7. The molecule has 0 radical (unpaired) electrons. The SMILES string of the molecule is CN=C(NCCOc1c(Cl)cc(Cl)cc1Cl)NCCN1C(=O)CCCC1=O. The number of piperidine rings is 1. The summed E-state index contributed by atoms with van der Waals surface area (Å²) in [7, 11) is 1.63. The van der Waals surface area contributed by atoms with Gasteiger partial charge in [-0.1, -0.05) is 34.8 Å². The third-order valence-electron chi connectivity index (χ3n) is 3.84. The van der Waals surface area contributed by atoms with Crippen LogP contribution >= 0.6 is 34.8 Å². The van der Waals surface area contributed by atoms with Crippen molar-refractivity contribution in [3.63, 3.8) is 0 Å². The number of carbonyl (C=O) groups is 2. The van der Waals surface area contributed by atoms with Crippen LogP contribution in [0.2, 0.25) is 15.1 Å². The van der Waals surface area contributed by atoms with Crippen LogP contribution in [0, 0.1) is 0 Å². The number of guanidine groups is 1. The predicted octanol–water partition coefficient (Wildman–Crippen LogP) is 2.73. The third kappa shape index (κ3) is 6.45. The fraction of sp³-hybridized carbons (Fsp3) is 0.471. The lowest BCUT2D eigenvalue weighted by Gasteiger charge is -2.25. The molecule has 2 rings (SSSR count). The molecule has 0 spiro atoms. The molecule has 2 amide bonds. The minimum Gasteiger partial charge on any atom is -0.489 e. The highest BCUT2D eigenvalue weighted by Crippen LogP contribution is 2.35. The molecule has 27 heavy (non-hydrogen) atoms. The molecule has 1 aromatic carbocycles. The van der Waals surface area contributed by atoms with Crippen LogP contribution in [0.3, 0.4) is 0 Å². The average Bonchev–Trinajstić information content (AvgIpc) is 2.60. The summed E-state index contributed by atoms with van der Waals surface area (Å²) in [4.78, 5) is 28.9. The number of imide groups is 1. The molecule has 1 aliphatic rings. The molecule has 1 aromatic rings. The van der Waals surface area contributed by atoms with Gasteiger partial charge in [0.2, 0.25) is 11.8 Å². The average molecular weight is 436 g/mol. The largest absolute Gasteiger partial charge is 0.489 e. The van der Waals surface area contributed by atoms with Gasteiger partial charge in [-0.25, -0.2) is 0 Å². The summed E-state index contributed by atoms with van der Waals surface area (Å²) in [5.74, 6) is 0.653. The monoisotopic (exact) mass is 434 g/mol. The highest BCUT2D eigenvalue weighted by Gasteiger charge is 2.25. The topological polar surface area (TPSA) is 83.0 Å². The number of nitrogens with zero attached hydrogens (tertiary/aromatic N) is 2. The molecule has 1 heterocycles. The first-order valence-corrected chi connectivity index (χ1v) is 9.61. The number of nitrogens with one attached hydrogen (secondary N) is 2. The fourth-order valence-corrected chi connectivity index (χ4v) is 3.47. The van der Waals surface area contributed by atoms with Crippen molar-refractivity contribution in [2.75, 3.05) is 33.3 Å². The van der Waals surface area contributed by atoms with E-state index in [0.29, 0.717) is 72.3 Å². The Morgan fingerprint density at radius 1 is 1.11 bits per heavy atom. The molecule has 0 unspecified atom stereocenters. The summed E-state index contributed by atoms with van der Waals surface area (Å²) < 4.78 is 5.58. The van der Waals surface area contributed by atoms with Crippen molar-refractivity contribution in [3.8, 4) is 5.75 Å². The van der Waals surface area contributed by atoms with E-state index in [9.17, 15) is 9.59 Å². The van der Waals surface area contributed by atoms with Gasteiger partial charge in [0.1, 0.15) is 6.61 Å². The highest BCUT2D eigenvalue weighted by atomic mass is 35.5. The summed E-state index contributed by atoms with van der Waals surface area (Å²) in [5.41, 5.74) is 0. The maximum Gasteiger partial charge on any atom is 0.229 e. The molecule has 0 atom stereocenters. The van der Waals surface area contributed by atoms with Gasteiger partial charge in [-0.05, 0) is 18.6 Å². The third-order valence-corrected chi connectivity index (χ3v) is 4.62. The van der Waals surface area contributed by atoms with E-state index >= 15 is 0 Å². The van der Waals surface area contributed by atoms with Gasteiger partial charge in [0.15, 0.2) is 11.7 Å². The number of hydrogen-bond donors (Lipinski definition) is 2. The van der Waals surface area contributed by atoms with Crippen molar-refractivity contribution in [2.45, 2.75) is 19.3 Å². The second-order valence-corrected chi connectivity index (χ2v) is 7.02. The van der Waals surface area contributed by atoms with Crippen LogP contribution in [0.25, 0.3) is 0 Å². The summed E-state index contributed by atoms with van der Waals surface area (Å²) in [5, 5.41) is 7.23. The molecule has 1 aliphatic heterocycles. The van der Waals surface area contributed by atoms with Gasteiger partial charge in [0.05, 0.1) is 16.6 Å². The van der Waals surface area contributed by atoms with Crippen molar-refractivity contribution < 1.29 is 14.3 Å². The minimum absolute atomic E-state index is 0.124. The highest BCUT2D eigenvalue weighted by molar-refractivity contribution is 6.40. The number of likely N-dealkylation sites (tertiary alicyclic amines) is 1. The van der Waals surface area contributed by atoms with Crippen LogP contribution < -0.4 is 15.4 Å². The van der Waals surface area contributed by atoms with E-state index in [1.807, 2.05) is 0 Å². The fourth-order valence-electron chi connectivity index (χ4n) is 2.55. The van der Waals surface area contributed by atoms with Crippen LogP contribution in [0.15, 0.2) is 17.1 Å². The summed E-state index contributed by atoms with van der Waals surface area (Å²) in [6, 6.07) is 3.11. The van der Waals surface area contributed by atoms with E-state index in [0.717, 1.165) is 0 Å². The Morgan fingerprint density at radius 2 is 1.70 bits per heavy atom. The Hall–Kier alpha value is -1.70. The number of amides is 2. The van der Waals surface area contributed by atoms with Crippen LogP contribution in [0.1, 0.15) is 19.3 Å². The van der Waals surface area contributed by atoms with Crippen molar-refractivity contribution in [2.24, 2.45) is 4.99 Å². The molecule has 2 N–H and O–H groups in total. The van der Waals surface area contributed by atoms with E-state index in [2.05, 4.69) is 15.6 Å². The van der Waals surface area contributed by atoms with Crippen molar-refractivity contribution in [3.05, 3.63) is 27.2 Å². The number of benzene rings is 1. The summed E-state index contributed by atoms with van der Waals surface area (Å²) >= 11 is 18.0. The standard InChI is InChI=1S/C17H21Cl3N4O3/c1-21-17(22-5-7-24-14(25)3-2-4-15(24)26)23-6-8-27-16-12(19)9-11(18)10-13(16)20/h9-10H,2-8H2,1H3,(H2,21,22,23). The van der Waals surface area contributed by atoms with Gasteiger partial charge < -0.3 is 15.4 Å². The normalized spacial score (nSPS) is 15.1. The van der Waals surface area contributed by atoms with E-state index in [1.54, 1.807) is 19.2 Å². The Labute approximate surface area is 173 Å². The molecule has 10 heteroatoms. The maximum absolute atomic E-state index is 11.8. The Bertz CT molecular complexity index is 688. The molecular weight excluding hydrogens is 415 g/mol. The number of hydrogen-bond acceptors (Lipinski definition) is 4. The van der Waals surface area contributed by atoms with Gasteiger partial charge >= 0.3 is 0 Å². The number of carbonyl (C=O) groups excluding carboxylic acids is 2. The zero-order chi connectivity index (χ0) is 19.8. The molecule has 0 aromatic heterocycles. The molecule has 0 bridgehead atoms. The van der Waals surface area contributed by atoms with Crippen molar-refractivity contribution >= 4 is 52.6 Å². The number of halogens is 3. The van der Waals surface area contributed by atoms with Crippen molar-refractivity contribution in [1.82, 2.24) is 15.5 Å². The first-order valence-electron chi connectivity index (χ1n) is 8.47. The molecule has 0 aliphatic carbocycles. The first kappa shape index (κ1) is 21.6. The summed E-state index contributed by atoms with van der Waals surface area (Å²) in [6.45, 7) is 1.46. The molecule has 7 nitrogen and oxygen atoms in total. The predicted molar refractivity (Wildman–Crippen MR) is 107 cm³/mol. The maximum atomic E-state index is 11.8. The molecule has 1 saturated heterocycles. The Kier molecular flexibility index (Phi) is 8.47. The lowest BCUT2D eigenvalue weighted by molar-refractivity contribution is -0.147. The second-order valence-electron chi connectivity index (χ2n) is 5.77. The van der Waals surface area contributed by atoms with Crippen LogP contribution in [0.5, 0.6) is 5.75 Å². The van der Waals surface area contributed by atoms with E-state index in [-0.39, 0.29) is 11.8 Å². The zero-order valence-electron chi connectivity index (χ0n) is 14.9. The van der Waals surface area contributed by atoms with Crippen LogP contribution in [0.4, 0.5) is 0 Å². The van der Waals surface area contributed by atoms with Crippen LogP contribution in [-0.4, -0.2) is 56.0 Å². The number of ether oxygens (including phenoxy) is 1. The Morgan fingerprint density at radius 3 is 2.30 bits per heavy atom. The molecule has 1 fully saturated rings. The lowest BCUT2D eigenvalue weighted by atomic mass is 10.1. The van der Waals surface area contributed by atoms with Gasteiger partial charge in [-0.2, -0.15) is 0 Å². The molecule has 0 saturated carbocycles. The van der Waals surface area contributed by atoms with E-state index < -0.39 is 0 Å². The van der Waals surface area contributed by atoms with E-state index in [4.69, 9.17) is 39.5 Å². The smallest absolute Gasteiger partial charge is 0.229 e. The molecular formula is C17H21Cl3N4O3. The number of aliphatic imine (C=N–C) groups is 1. The molecule has 148 valence electrons. The van der Waals surface area contributed by atoms with Crippen molar-refractivity contribution in [1.29, 1.82) is 0 Å².